The minimum absolute atomic E-state index is 0.557. The van der Waals surface area contributed by atoms with Crippen LogP contribution in [0.2, 0.25) is 0 Å². The predicted octanol–water partition coefficient (Wildman–Crippen LogP) is 8.51. The molecule has 1 heteroatoms. The van der Waals surface area contributed by atoms with Crippen molar-refractivity contribution in [2.75, 3.05) is 6.61 Å². The van der Waals surface area contributed by atoms with E-state index in [1.165, 1.54) is 70.6 Å². The van der Waals surface area contributed by atoms with Gasteiger partial charge in [-0.2, -0.15) is 0 Å². The van der Waals surface area contributed by atoms with Crippen molar-refractivity contribution in [3.05, 3.63) is 0 Å². The summed E-state index contributed by atoms with van der Waals surface area (Å²) in [6.07, 6.45) is 18.1. The maximum Gasteiger partial charge on any atom is 0.0578 e. The molecule has 0 saturated heterocycles. The van der Waals surface area contributed by atoms with Gasteiger partial charge >= 0.3 is 0 Å². The highest BCUT2D eigenvalue weighted by Gasteiger charge is 2.60. The van der Waals surface area contributed by atoms with Gasteiger partial charge in [0, 0.05) is 6.61 Å². The maximum absolute atomic E-state index is 6.09. The molecule has 1 nitrogen and oxygen atoms in total. The van der Waals surface area contributed by atoms with Gasteiger partial charge < -0.3 is 4.74 Å². The number of hydrogen-bond donors (Lipinski definition) is 0. The van der Waals surface area contributed by atoms with E-state index in [4.69, 9.17) is 4.74 Å². The van der Waals surface area contributed by atoms with Gasteiger partial charge in [0.05, 0.1) is 6.10 Å². The minimum Gasteiger partial charge on any atom is -0.378 e. The first-order valence-electron chi connectivity index (χ1n) is 13.9. The van der Waals surface area contributed by atoms with Gasteiger partial charge in [-0.1, -0.05) is 53.9 Å². The van der Waals surface area contributed by atoms with Gasteiger partial charge in [0.1, 0.15) is 0 Å². The van der Waals surface area contributed by atoms with Gasteiger partial charge in [0.2, 0.25) is 0 Å². The smallest absolute Gasteiger partial charge is 0.0578 e. The molecule has 2 unspecified atom stereocenters. The van der Waals surface area contributed by atoms with E-state index in [2.05, 4.69) is 41.5 Å². The molecule has 4 saturated carbocycles. The first-order valence-corrected chi connectivity index (χ1v) is 13.9. The second kappa shape index (κ2) is 9.07. The van der Waals surface area contributed by atoms with E-state index in [9.17, 15) is 0 Å². The zero-order valence-electron chi connectivity index (χ0n) is 21.2. The van der Waals surface area contributed by atoms with E-state index in [-0.39, 0.29) is 0 Å². The molecule has 4 rings (SSSR count). The first-order chi connectivity index (χ1) is 14.3. The summed E-state index contributed by atoms with van der Waals surface area (Å²) in [6, 6.07) is 0. The van der Waals surface area contributed by atoms with Crippen LogP contribution < -0.4 is 0 Å². The Morgan fingerprint density at radius 3 is 2.30 bits per heavy atom. The van der Waals surface area contributed by atoms with Crippen molar-refractivity contribution in [2.24, 2.45) is 52.3 Å². The Morgan fingerprint density at radius 1 is 0.833 bits per heavy atom. The zero-order valence-corrected chi connectivity index (χ0v) is 21.2. The molecule has 0 bridgehead atoms. The van der Waals surface area contributed by atoms with Gasteiger partial charge in [0.15, 0.2) is 0 Å². The quantitative estimate of drug-likeness (QED) is 0.404. The molecule has 30 heavy (non-hydrogen) atoms. The van der Waals surface area contributed by atoms with Crippen molar-refractivity contribution in [1.82, 2.24) is 0 Å². The van der Waals surface area contributed by atoms with Crippen LogP contribution in [0.1, 0.15) is 119 Å². The van der Waals surface area contributed by atoms with Crippen LogP contribution in [-0.2, 0) is 4.74 Å². The fraction of sp³-hybridized carbons (Fsp3) is 1.00. The van der Waals surface area contributed by atoms with Crippen LogP contribution in [0.15, 0.2) is 0 Å². The van der Waals surface area contributed by atoms with Crippen LogP contribution in [0.25, 0.3) is 0 Å². The molecule has 0 aromatic carbocycles. The number of hydrogen-bond acceptors (Lipinski definition) is 1. The summed E-state index contributed by atoms with van der Waals surface area (Å²) in [5.74, 6) is 6.79. The number of rotatable bonds is 7. The van der Waals surface area contributed by atoms with Crippen LogP contribution in [0.3, 0.4) is 0 Å². The first kappa shape index (κ1) is 23.1. The Bertz CT molecular complexity index is 569. The molecule has 4 aliphatic carbocycles. The zero-order chi connectivity index (χ0) is 21.5. The molecular weight excluding hydrogens is 364 g/mol. The topological polar surface area (TPSA) is 9.23 Å². The Labute approximate surface area is 188 Å². The van der Waals surface area contributed by atoms with E-state index in [1.807, 2.05) is 0 Å². The fourth-order valence-corrected chi connectivity index (χ4v) is 9.63. The van der Waals surface area contributed by atoms with Crippen molar-refractivity contribution < 1.29 is 4.74 Å². The summed E-state index contributed by atoms with van der Waals surface area (Å²) < 4.78 is 6.09. The lowest BCUT2D eigenvalue weighted by atomic mass is 9.44. The van der Waals surface area contributed by atoms with Gasteiger partial charge in [-0.25, -0.2) is 0 Å². The summed E-state index contributed by atoms with van der Waals surface area (Å²) in [6.45, 7) is 15.9. The predicted molar refractivity (Wildman–Crippen MR) is 128 cm³/mol. The third-order valence-electron chi connectivity index (χ3n) is 11.2. The largest absolute Gasteiger partial charge is 0.378 e. The summed E-state index contributed by atoms with van der Waals surface area (Å²) in [7, 11) is 0. The maximum atomic E-state index is 6.09. The lowest BCUT2D eigenvalue weighted by molar-refractivity contribution is -0.136. The Hall–Kier alpha value is -0.0400. The molecule has 0 aliphatic heterocycles. The molecule has 0 aromatic heterocycles. The standard InChI is InChI=1S/C29H52O/c1-7-30-23-15-17-28(5)22(19-23)11-12-24-26-14-13-25(21(4)10-8-9-20(2)3)29(26,6)18-16-27(24)28/h20-27H,7-19H2,1-6H3/t21?,22?,23-,24-,25+,26-,27-,28-,29+/m0/s1. The second-order valence-corrected chi connectivity index (χ2v) is 13.0. The number of ether oxygens (including phenoxy) is 1. The molecule has 9 atom stereocenters. The van der Waals surface area contributed by atoms with E-state index < -0.39 is 0 Å². The summed E-state index contributed by atoms with van der Waals surface area (Å²) in [5.41, 5.74) is 1.25. The van der Waals surface area contributed by atoms with E-state index in [1.54, 1.807) is 6.42 Å². The molecule has 0 radical (unpaired) electrons. The molecule has 4 aliphatic rings. The molecule has 174 valence electrons. The molecule has 0 amide bonds. The van der Waals surface area contributed by atoms with Gasteiger partial charge in [0.25, 0.3) is 0 Å². The molecular formula is C29H52O. The fourth-order valence-electron chi connectivity index (χ4n) is 9.63. The van der Waals surface area contributed by atoms with Gasteiger partial charge in [-0.3, -0.25) is 0 Å². The Morgan fingerprint density at radius 2 is 1.57 bits per heavy atom. The van der Waals surface area contributed by atoms with Crippen molar-refractivity contribution in [2.45, 2.75) is 125 Å². The Balaban J connectivity index is 1.43. The minimum atomic E-state index is 0.557. The average molecular weight is 417 g/mol. The van der Waals surface area contributed by atoms with E-state index in [0.29, 0.717) is 16.9 Å². The normalized spacial score (nSPS) is 46.9. The molecule has 4 fully saturated rings. The van der Waals surface area contributed by atoms with Crippen LogP contribution in [0, 0.1) is 52.3 Å². The van der Waals surface area contributed by atoms with Crippen LogP contribution in [0.4, 0.5) is 0 Å². The highest BCUT2D eigenvalue weighted by molar-refractivity contribution is 5.09. The average Bonchev–Trinajstić information content (AvgIpc) is 3.05. The van der Waals surface area contributed by atoms with E-state index in [0.717, 1.165) is 48.0 Å². The second-order valence-electron chi connectivity index (χ2n) is 13.0. The molecule has 0 N–H and O–H groups in total. The number of fused-ring (bicyclic) bond motifs is 5. The lowest BCUT2D eigenvalue weighted by Gasteiger charge is -2.61. The third-order valence-corrected chi connectivity index (χ3v) is 11.2. The monoisotopic (exact) mass is 416 g/mol. The van der Waals surface area contributed by atoms with Crippen molar-refractivity contribution in [3.8, 4) is 0 Å². The third kappa shape index (κ3) is 4.04. The van der Waals surface area contributed by atoms with Crippen molar-refractivity contribution in [1.29, 1.82) is 0 Å². The van der Waals surface area contributed by atoms with Gasteiger partial charge in [-0.15, -0.1) is 0 Å². The molecule has 0 spiro atoms. The van der Waals surface area contributed by atoms with Crippen molar-refractivity contribution >= 4 is 0 Å². The van der Waals surface area contributed by atoms with Crippen molar-refractivity contribution in [3.63, 3.8) is 0 Å². The molecule has 0 aromatic rings. The highest BCUT2D eigenvalue weighted by atomic mass is 16.5. The lowest BCUT2D eigenvalue weighted by Crippen LogP contribution is -2.54. The summed E-state index contributed by atoms with van der Waals surface area (Å²) in [5, 5.41) is 0. The van der Waals surface area contributed by atoms with Crippen LogP contribution >= 0.6 is 0 Å². The van der Waals surface area contributed by atoms with Gasteiger partial charge in [-0.05, 0) is 117 Å². The highest BCUT2D eigenvalue weighted by Crippen LogP contribution is 2.68. The summed E-state index contributed by atoms with van der Waals surface area (Å²) in [4.78, 5) is 0. The van der Waals surface area contributed by atoms with Crippen LogP contribution in [-0.4, -0.2) is 12.7 Å². The summed E-state index contributed by atoms with van der Waals surface area (Å²) >= 11 is 0. The SMILES string of the molecule is CCO[C@H]1CC[C@@]2(C)C(CC[C@H]3[C@@H]4CC[C@H](C(C)CCCC(C)C)[C@@]4(C)CC[C@@H]32)C1. The molecule has 0 heterocycles. The van der Waals surface area contributed by atoms with Crippen LogP contribution in [0.5, 0.6) is 0 Å². The Kier molecular flexibility index (Phi) is 6.99. The van der Waals surface area contributed by atoms with E-state index >= 15 is 0 Å².